The number of H-pyrrole nitrogens is 1. The number of hydrogen-bond acceptors (Lipinski definition) is 2. The van der Waals surface area contributed by atoms with Crippen molar-refractivity contribution in [2.45, 2.75) is 50.5 Å². The number of benzene rings is 2. The summed E-state index contributed by atoms with van der Waals surface area (Å²) < 4.78 is 0. The van der Waals surface area contributed by atoms with Crippen LogP contribution in [0, 0.1) is 5.92 Å². The lowest BCUT2D eigenvalue weighted by molar-refractivity contribution is -0.140. The Labute approximate surface area is 194 Å². The van der Waals surface area contributed by atoms with Gasteiger partial charge in [-0.15, -0.1) is 0 Å². The van der Waals surface area contributed by atoms with Crippen LogP contribution in [-0.4, -0.2) is 52.3 Å². The van der Waals surface area contributed by atoms with Gasteiger partial charge in [-0.1, -0.05) is 36.4 Å². The zero-order chi connectivity index (χ0) is 22.4. The number of aromatic amines is 1. The van der Waals surface area contributed by atoms with E-state index in [0.717, 1.165) is 74.9 Å². The maximum absolute atomic E-state index is 13.9. The summed E-state index contributed by atoms with van der Waals surface area (Å²) in [5.74, 6) is 0.714. The van der Waals surface area contributed by atoms with Crippen LogP contribution in [0.25, 0.3) is 10.9 Å². The van der Waals surface area contributed by atoms with Gasteiger partial charge in [-0.2, -0.15) is 0 Å². The summed E-state index contributed by atoms with van der Waals surface area (Å²) in [6, 6.07) is 18.3. The molecule has 6 rings (SSSR count). The third-order valence-electron chi connectivity index (χ3n) is 8.07. The van der Waals surface area contributed by atoms with E-state index in [1.165, 1.54) is 10.9 Å². The van der Waals surface area contributed by atoms with Crippen LogP contribution in [0.4, 0.5) is 0 Å². The van der Waals surface area contributed by atoms with Crippen LogP contribution >= 0.6 is 0 Å². The Morgan fingerprint density at radius 3 is 2.58 bits per heavy atom. The Hall–Kier alpha value is -3.08. The van der Waals surface area contributed by atoms with Crippen molar-refractivity contribution in [2.75, 3.05) is 19.6 Å². The minimum atomic E-state index is -0.0659. The summed E-state index contributed by atoms with van der Waals surface area (Å²) in [5.41, 5.74) is 4.39. The molecule has 3 heterocycles. The average Bonchev–Trinajstić information content (AvgIpc) is 3.26. The summed E-state index contributed by atoms with van der Waals surface area (Å²) in [7, 11) is 0. The maximum atomic E-state index is 13.9. The molecule has 0 saturated carbocycles. The van der Waals surface area contributed by atoms with Crippen LogP contribution in [0.3, 0.4) is 0 Å². The number of hydrogen-bond donors (Lipinski definition) is 1. The summed E-state index contributed by atoms with van der Waals surface area (Å²) in [5, 5.41) is 1.27. The van der Waals surface area contributed by atoms with Gasteiger partial charge in [-0.25, -0.2) is 0 Å². The fourth-order valence-electron chi connectivity index (χ4n) is 6.49. The lowest BCUT2D eigenvalue weighted by Gasteiger charge is -2.48. The second kappa shape index (κ2) is 8.36. The van der Waals surface area contributed by atoms with Gasteiger partial charge in [0.25, 0.3) is 5.91 Å². The van der Waals surface area contributed by atoms with Crippen LogP contribution in [0.15, 0.2) is 54.6 Å². The number of likely N-dealkylation sites (tertiary alicyclic amines) is 2. The largest absolute Gasteiger partial charge is 0.357 e. The van der Waals surface area contributed by atoms with E-state index in [-0.39, 0.29) is 17.9 Å². The zero-order valence-electron chi connectivity index (χ0n) is 19.0. The van der Waals surface area contributed by atoms with Gasteiger partial charge in [0, 0.05) is 47.8 Å². The smallest absolute Gasteiger partial charge is 0.253 e. The molecule has 3 aliphatic rings. The molecular weight excluding hydrogens is 410 g/mol. The number of carbonyl (C=O) groups is 2. The van der Waals surface area contributed by atoms with Gasteiger partial charge >= 0.3 is 0 Å². The highest BCUT2D eigenvalue weighted by molar-refractivity contribution is 5.94. The van der Waals surface area contributed by atoms with E-state index in [1.54, 1.807) is 0 Å². The molecule has 2 aromatic carbocycles. The molecule has 170 valence electrons. The third kappa shape index (κ3) is 3.54. The van der Waals surface area contributed by atoms with Crippen LogP contribution in [0.2, 0.25) is 0 Å². The topological polar surface area (TPSA) is 56.4 Å². The quantitative estimate of drug-likeness (QED) is 0.624. The number of para-hydroxylation sites is 1. The molecule has 33 heavy (non-hydrogen) atoms. The van der Waals surface area contributed by atoms with E-state index in [9.17, 15) is 9.59 Å². The van der Waals surface area contributed by atoms with Crippen LogP contribution in [0.1, 0.15) is 59.6 Å². The van der Waals surface area contributed by atoms with Gasteiger partial charge in [0.1, 0.15) is 0 Å². The molecule has 2 aliphatic heterocycles. The van der Waals surface area contributed by atoms with Gasteiger partial charge in [0.05, 0.1) is 5.92 Å². The molecule has 2 saturated heterocycles. The molecule has 1 N–H and O–H groups in total. The minimum Gasteiger partial charge on any atom is -0.357 e. The molecule has 5 heteroatoms. The number of piperidine rings is 2. The first kappa shape index (κ1) is 20.5. The summed E-state index contributed by atoms with van der Waals surface area (Å²) in [6.07, 6.45) is 6.02. The van der Waals surface area contributed by atoms with Crippen molar-refractivity contribution in [1.29, 1.82) is 0 Å². The lowest BCUT2D eigenvalue weighted by Crippen LogP contribution is -2.57. The molecule has 3 aromatic rings. The number of aryl methyl sites for hydroxylation is 1. The highest BCUT2D eigenvalue weighted by Crippen LogP contribution is 2.39. The number of amides is 2. The first-order valence-electron chi connectivity index (χ1n) is 12.4. The number of carbonyl (C=O) groups excluding carboxylic acids is 2. The molecule has 2 amide bonds. The van der Waals surface area contributed by atoms with Crippen LogP contribution in [0.5, 0.6) is 0 Å². The van der Waals surface area contributed by atoms with Crippen molar-refractivity contribution in [2.24, 2.45) is 5.92 Å². The Kier molecular flexibility index (Phi) is 5.20. The first-order chi connectivity index (χ1) is 16.2. The van der Waals surface area contributed by atoms with E-state index in [2.05, 4.69) is 34.1 Å². The number of fused-ring (bicyclic) bond motifs is 4. The number of nitrogens with zero attached hydrogens (tertiary/aromatic N) is 2. The molecule has 0 bridgehead atoms. The highest BCUT2D eigenvalue weighted by atomic mass is 16.2. The van der Waals surface area contributed by atoms with Crippen molar-refractivity contribution >= 4 is 22.7 Å². The SMILES string of the molecule is O=C(c1ccccc1)N1CC[C@H]2[C@H](CCCN2C(=O)[C@@H]2CCCc3c2[nH]c2ccccc32)C1. The normalized spacial score (nSPS) is 24.9. The standard InChI is InChI=1S/C28H31N3O2/c32-27(19-8-2-1-3-9-19)30-17-15-25-20(18-30)10-7-16-31(25)28(33)23-13-6-12-22-21-11-4-5-14-24(21)29-26(22)23/h1-5,8-9,11,14,20,23,25,29H,6-7,10,12-13,15-18H2/t20-,23-,25+/m1/s1. The van der Waals surface area contributed by atoms with Crippen molar-refractivity contribution in [3.05, 3.63) is 71.4 Å². The van der Waals surface area contributed by atoms with E-state index < -0.39 is 0 Å². The fraction of sp³-hybridized carbons (Fsp3) is 0.429. The van der Waals surface area contributed by atoms with E-state index in [4.69, 9.17) is 0 Å². The fourth-order valence-corrected chi connectivity index (χ4v) is 6.49. The first-order valence-corrected chi connectivity index (χ1v) is 12.4. The number of rotatable bonds is 2. The average molecular weight is 442 g/mol. The second-order valence-corrected chi connectivity index (χ2v) is 9.91. The van der Waals surface area contributed by atoms with Gasteiger partial charge in [-0.3, -0.25) is 9.59 Å². The van der Waals surface area contributed by atoms with Crippen LogP contribution in [-0.2, 0) is 11.2 Å². The summed E-state index contributed by atoms with van der Waals surface area (Å²) in [6.45, 7) is 2.32. The summed E-state index contributed by atoms with van der Waals surface area (Å²) in [4.78, 5) is 34.7. The third-order valence-corrected chi connectivity index (χ3v) is 8.07. The lowest BCUT2D eigenvalue weighted by atomic mass is 9.81. The van der Waals surface area contributed by atoms with Crippen LogP contribution < -0.4 is 0 Å². The van der Waals surface area contributed by atoms with E-state index >= 15 is 0 Å². The second-order valence-electron chi connectivity index (χ2n) is 9.91. The van der Waals surface area contributed by atoms with Gasteiger partial charge in [-0.05, 0) is 68.2 Å². The predicted molar refractivity (Wildman–Crippen MR) is 129 cm³/mol. The van der Waals surface area contributed by atoms with Crippen molar-refractivity contribution in [1.82, 2.24) is 14.8 Å². The molecular formula is C28H31N3O2. The van der Waals surface area contributed by atoms with Gasteiger partial charge < -0.3 is 14.8 Å². The van der Waals surface area contributed by atoms with Gasteiger partial charge in [0.15, 0.2) is 0 Å². The highest BCUT2D eigenvalue weighted by Gasteiger charge is 2.42. The molecule has 1 aliphatic carbocycles. The molecule has 3 atom stereocenters. The molecule has 0 spiro atoms. The van der Waals surface area contributed by atoms with Crippen molar-refractivity contribution in [3.8, 4) is 0 Å². The Morgan fingerprint density at radius 1 is 0.879 bits per heavy atom. The predicted octanol–water partition coefficient (Wildman–Crippen LogP) is 4.74. The molecule has 5 nitrogen and oxygen atoms in total. The monoisotopic (exact) mass is 441 g/mol. The molecule has 2 fully saturated rings. The number of nitrogens with one attached hydrogen (secondary N) is 1. The number of aromatic nitrogens is 1. The zero-order valence-corrected chi connectivity index (χ0v) is 19.0. The Balaban J connectivity index is 1.22. The van der Waals surface area contributed by atoms with E-state index in [0.29, 0.717) is 11.8 Å². The van der Waals surface area contributed by atoms with Crippen molar-refractivity contribution in [3.63, 3.8) is 0 Å². The molecule has 1 aromatic heterocycles. The minimum absolute atomic E-state index is 0.0659. The molecule has 0 radical (unpaired) electrons. The Morgan fingerprint density at radius 2 is 1.70 bits per heavy atom. The van der Waals surface area contributed by atoms with E-state index in [1.807, 2.05) is 35.2 Å². The Bertz CT molecular complexity index is 1180. The molecule has 0 unspecified atom stereocenters. The van der Waals surface area contributed by atoms with Gasteiger partial charge in [0.2, 0.25) is 5.91 Å². The van der Waals surface area contributed by atoms with Crippen molar-refractivity contribution < 1.29 is 9.59 Å². The maximum Gasteiger partial charge on any atom is 0.253 e. The summed E-state index contributed by atoms with van der Waals surface area (Å²) >= 11 is 0.